The quantitative estimate of drug-likeness (QED) is 0.803. The van der Waals surface area contributed by atoms with E-state index in [0.29, 0.717) is 24.9 Å². The van der Waals surface area contributed by atoms with Gasteiger partial charge in [0.15, 0.2) is 0 Å². The van der Waals surface area contributed by atoms with Gasteiger partial charge < -0.3 is 10.0 Å². The summed E-state index contributed by atoms with van der Waals surface area (Å²) in [6.45, 7) is 1.31. The van der Waals surface area contributed by atoms with E-state index in [0.717, 1.165) is 6.42 Å². The van der Waals surface area contributed by atoms with Crippen molar-refractivity contribution in [1.29, 1.82) is 0 Å². The molecule has 1 N–H and O–H groups in total. The van der Waals surface area contributed by atoms with Crippen LogP contribution in [0, 0.1) is 11.8 Å². The molecule has 17 heavy (non-hydrogen) atoms. The normalized spacial score (nSPS) is 26.8. The number of fused-ring (bicyclic) bond motifs is 1. The summed E-state index contributed by atoms with van der Waals surface area (Å²) >= 11 is 0. The Morgan fingerprint density at radius 3 is 3.00 bits per heavy atom. The lowest BCUT2D eigenvalue weighted by atomic mass is 9.99. The molecule has 0 spiro atoms. The van der Waals surface area contributed by atoms with Gasteiger partial charge in [-0.15, -0.1) is 0 Å². The second-order valence-corrected chi connectivity index (χ2v) is 4.75. The Morgan fingerprint density at radius 1 is 1.47 bits per heavy atom. The third-order valence-corrected chi connectivity index (χ3v) is 3.69. The standard InChI is InChI=1S/C13H14N2O2/c16-13(17)15-7-11-4-10(5-12(11)8-15)9-2-1-3-14-6-9/h1-4,6,11-12H,5,7-8H2,(H,16,17)/t11-,12+/m0/s1. The minimum absolute atomic E-state index is 0.390. The summed E-state index contributed by atoms with van der Waals surface area (Å²) < 4.78 is 0. The average Bonchev–Trinajstić information content (AvgIpc) is 2.87. The fourth-order valence-electron chi connectivity index (χ4n) is 2.83. The number of nitrogens with zero attached hydrogens (tertiary/aromatic N) is 2. The van der Waals surface area contributed by atoms with Crippen LogP contribution in [0.3, 0.4) is 0 Å². The molecule has 0 aromatic carbocycles. The second-order valence-electron chi connectivity index (χ2n) is 4.75. The van der Waals surface area contributed by atoms with Crippen LogP contribution >= 0.6 is 0 Å². The maximum Gasteiger partial charge on any atom is 0.407 e. The molecule has 1 amide bonds. The van der Waals surface area contributed by atoms with Gasteiger partial charge in [-0.1, -0.05) is 12.1 Å². The number of allylic oxidation sites excluding steroid dienone is 1. The number of hydrogen-bond donors (Lipinski definition) is 1. The predicted molar refractivity (Wildman–Crippen MR) is 63.4 cm³/mol. The molecule has 1 saturated heterocycles. The van der Waals surface area contributed by atoms with E-state index in [9.17, 15) is 4.79 Å². The van der Waals surface area contributed by atoms with E-state index in [1.54, 1.807) is 6.20 Å². The molecule has 2 heterocycles. The minimum Gasteiger partial charge on any atom is -0.465 e. The summed E-state index contributed by atoms with van der Waals surface area (Å²) in [5, 5.41) is 8.95. The van der Waals surface area contributed by atoms with Crippen molar-refractivity contribution in [3.63, 3.8) is 0 Å². The van der Waals surface area contributed by atoms with Crippen molar-refractivity contribution < 1.29 is 9.90 Å². The Bertz CT molecular complexity index is 470. The number of aromatic nitrogens is 1. The van der Waals surface area contributed by atoms with Crippen LogP contribution < -0.4 is 0 Å². The Hall–Kier alpha value is -1.84. The highest BCUT2D eigenvalue weighted by Crippen LogP contribution is 2.40. The molecule has 3 rings (SSSR count). The van der Waals surface area contributed by atoms with Gasteiger partial charge in [0.05, 0.1) is 0 Å². The van der Waals surface area contributed by atoms with Crippen LogP contribution in [0.15, 0.2) is 30.6 Å². The molecule has 4 heteroatoms. The van der Waals surface area contributed by atoms with E-state index in [1.807, 2.05) is 12.3 Å². The Balaban J connectivity index is 1.78. The van der Waals surface area contributed by atoms with Gasteiger partial charge in [-0.2, -0.15) is 0 Å². The molecule has 0 unspecified atom stereocenters. The maximum atomic E-state index is 10.9. The number of pyridine rings is 1. The van der Waals surface area contributed by atoms with Gasteiger partial charge in [0.1, 0.15) is 0 Å². The van der Waals surface area contributed by atoms with Crippen molar-refractivity contribution in [1.82, 2.24) is 9.88 Å². The van der Waals surface area contributed by atoms with E-state index in [2.05, 4.69) is 17.1 Å². The highest BCUT2D eigenvalue weighted by molar-refractivity contribution is 5.70. The first-order valence-corrected chi connectivity index (χ1v) is 5.83. The number of rotatable bonds is 1. The van der Waals surface area contributed by atoms with Crippen LogP contribution in [0.4, 0.5) is 4.79 Å². The van der Waals surface area contributed by atoms with Crippen molar-refractivity contribution in [2.75, 3.05) is 13.1 Å². The van der Waals surface area contributed by atoms with Gasteiger partial charge in [-0.3, -0.25) is 4.98 Å². The third kappa shape index (κ3) is 1.79. The molecule has 1 aromatic rings. The Labute approximate surface area is 99.6 Å². The summed E-state index contributed by atoms with van der Waals surface area (Å²) in [4.78, 5) is 16.5. The second kappa shape index (κ2) is 3.87. The van der Waals surface area contributed by atoms with Gasteiger partial charge in [-0.05, 0) is 35.5 Å². The minimum atomic E-state index is -0.796. The van der Waals surface area contributed by atoms with E-state index < -0.39 is 6.09 Å². The number of carbonyl (C=O) groups is 1. The van der Waals surface area contributed by atoms with Crippen molar-refractivity contribution in [2.24, 2.45) is 11.8 Å². The van der Waals surface area contributed by atoms with Gasteiger partial charge >= 0.3 is 6.09 Å². The van der Waals surface area contributed by atoms with Crippen molar-refractivity contribution in [3.8, 4) is 0 Å². The molecular formula is C13H14N2O2. The zero-order chi connectivity index (χ0) is 11.8. The molecule has 2 atom stereocenters. The van der Waals surface area contributed by atoms with Crippen LogP contribution in [0.25, 0.3) is 5.57 Å². The maximum absolute atomic E-state index is 10.9. The SMILES string of the molecule is O=C(O)N1C[C@H]2CC(c3cccnc3)=C[C@H]2C1. The molecule has 1 fully saturated rings. The smallest absolute Gasteiger partial charge is 0.407 e. The molecule has 1 aliphatic carbocycles. The van der Waals surface area contributed by atoms with E-state index in [-0.39, 0.29) is 0 Å². The number of amides is 1. The first-order chi connectivity index (χ1) is 8.24. The monoisotopic (exact) mass is 230 g/mol. The summed E-state index contributed by atoms with van der Waals surface area (Å²) in [6.07, 6.45) is 6.05. The molecule has 1 aliphatic heterocycles. The fraction of sp³-hybridized carbons (Fsp3) is 0.385. The lowest BCUT2D eigenvalue weighted by molar-refractivity contribution is 0.153. The Morgan fingerprint density at radius 2 is 2.35 bits per heavy atom. The number of likely N-dealkylation sites (tertiary alicyclic amines) is 1. The van der Waals surface area contributed by atoms with Crippen molar-refractivity contribution in [2.45, 2.75) is 6.42 Å². The van der Waals surface area contributed by atoms with Crippen LogP contribution in [0.1, 0.15) is 12.0 Å². The van der Waals surface area contributed by atoms with Crippen molar-refractivity contribution in [3.05, 3.63) is 36.2 Å². The summed E-state index contributed by atoms with van der Waals surface area (Å²) in [5.74, 6) is 0.850. The largest absolute Gasteiger partial charge is 0.465 e. The molecule has 2 aliphatic rings. The highest BCUT2D eigenvalue weighted by Gasteiger charge is 2.38. The van der Waals surface area contributed by atoms with Gasteiger partial charge in [0.25, 0.3) is 0 Å². The predicted octanol–water partition coefficient (Wildman–Crippen LogP) is 2.09. The number of carboxylic acid groups (broad SMARTS) is 1. The first-order valence-electron chi connectivity index (χ1n) is 5.83. The third-order valence-electron chi connectivity index (χ3n) is 3.69. The van der Waals surface area contributed by atoms with Crippen LogP contribution in [-0.2, 0) is 0 Å². The van der Waals surface area contributed by atoms with E-state index in [4.69, 9.17) is 5.11 Å². The number of hydrogen-bond acceptors (Lipinski definition) is 2. The zero-order valence-electron chi connectivity index (χ0n) is 9.41. The van der Waals surface area contributed by atoms with Crippen LogP contribution in [0.2, 0.25) is 0 Å². The molecular weight excluding hydrogens is 216 g/mol. The lowest BCUT2D eigenvalue weighted by Crippen LogP contribution is -2.27. The van der Waals surface area contributed by atoms with Gasteiger partial charge in [-0.25, -0.2) is 4.79 Å². The summed E-state index contributed by atoms with van der Waals surface area (Å²) in [6, 6.07) is 4.00. The van der Waals surface area contributed by atoms with Crippen LogP contribution in [-0.4, -0.2) is 34.2 Å². The fourth-order valence-corrected chi connectivity index (χ4v) is 2.83. The zero-order valence-corrected chi connectivity index (χ0v) is 9.41. The van der Waals surface area contributed by atoms with Gasteiger partial charge in [0, 0.05) is 25.5 Å². The van der Waals surface area contributed by atoms with E-state index in [1.165, 1.54) is 16.0 Å². The van der Waals surface area contributed by atoms with Crippen LogP contribution in [0.5, 0.6) is 0 Å². The molecule has 0 bridgehead atoms. The summed E-state index contributed by atoms with van der Waals surface area (Å²) in [5.41, 5.74) is 2.49. The van der Waals surface area contributed by atoms with Gasteiger partial charge in [0.2, 0.25) is 0 Å². The molecule has 1 aromatic heterocycles. The summed E-state index contributed by atoms with van der Waals surface area (Å²) in [7, 11) is 0. The van der Waals surface area contributed by atoms with E-state index >= 15 is 0 Å². The topological polar surface area (TPSA) is 53.4 Å². The molecule has 4 nitrogen and oxygen atoms in total. The average molecular weight is 230 g/mol. The highest BCUT2D eigenvalue weighted by atomic mass is 16.4. The molecule has 88 valence electrons. The first kappa shape index (κ1) is 10.3. The Kier molecular flexibility index (Phi) is 2.35. The lowest BCUT2D eigenvalue weighted by Gasteiger charge is -2.12. The molecule has 0 saturated carbocycles. The molecule has 0 radical (unpaired) electrons. The van der Waals surface area contributed by atoms with Crippen molar-refractivity contribution >= 4 is 11.7 Å².